The minimum absolute atomic E-state index is 0.0726. The summed E-state index contributed by atoms with van der Waals surface area (Å²) in [5.74, 6) is -0.0806. The molecule has 1 aliphatic rings. The number of hydrogen-bond donors (Lipinski definition) is 2. The molecule has 1 aromatic rings. The van der Waals surface area contributed by atoms with Crippen molar-refractivity contribution in [1.29, 1.82) is 0 Å². The van der Waals surface area contributed by atoms with Crippen LogP contribution in [0.15, 0.2) is 24.3 Å². The van der Waals surface area contributed by atoms with Gasteiger partial charge in [-0.05, 0) is 37.3 Å². The van der Waals surface area contributed by atoms with Crippen molar-refractivity contribution in [3.8, 4) is 0 Å². The average Bonchev–Trinajstić information content (AvgIpc) is 2.38. The van der Waals surface area contributed by atoms with E-state index in [1.165, 1.54) is 0 Å². The molecule has 0 unspecified atom stereocenters. The van der Waals surface area contributed by atoms with Crippen molar-refractivity contribution in [3.05, 3.63) is 34.9 Å². The molecule has 0 aromatic heterocycles. The molecule has 3 N–H and O–H groups in total. The number of nitrogens with two attached hydrogens (primary N) is 1. The van der Waals surface area contributed by atoms with E-state index < -0.39 is 0 Å². The summed E-state index contributed by atoms with van der Waals surface area (Å²) >= 11 is 6.11. The summed E-state index contributed by atoms with van der Waals surface area (Å²) in [6, 6.07) is 8.33. The number of hydrogen-bond acceptors (Lipinski definition) is 2. The lowest BCUT2D eigenvalue weighted by Crippen LogP contribution is -2.36. The zero-order valence-corrected chi connectivity index (χ0v) is 11.1. The molecule has 18 heavy (non-hydrogen) atoms. The van der Waals surface area contributed by atoms with Gasteiger partial charge in [0.15, 0.2) is 0 Å². The van der Waals surface area contributed by atoms with Crippen LogP contribution in [0.1, 0.15) is 31.2 Å². The monoisotopic (exact) mass is 266 g/mol. The van der Waals surface area contributed by atoms with E-state index in [-0.39, 0.29) is 11.8 Å². The van der Waals surface area contributed by atoms with Crippen molar-refractivity contribution < 1.29 is 4.79 Å². The fourth-order valence-corrected chi connectivity index (χ4v) is 2.68. The SMILES string of the molecule is NC(=O)C1CCC(NCc2ccccc2Cl)CC1. The van der Waals surface area contributed by atoms with E-state index in [1.807, 2.05) is 24.3 Å². The predicted molar refractivity (Wildman–Crippen MR) is 73.2 cm³/mol. The van der Waals surface area contributed by atoms with Crippen molar-refractivity contribution in [1.82, 2.24) is 5.32 Å². The summed E-state index contributed by atoms with van der Waals surface area (Å²) in [6.45, 7) is 0.783. The van der Waals surface area contributed by atoms with E-state index in [4.69, 9.17) is 17.3 Å². The van der Waals surface area contributed by atoms with Gasteiger partial charge in [0.1, 0.15) is 0 Å². The Hall–Kier alpha value is -1.06. The third-order valence-electron chi connectivity index (χ3n) is 3.67. The highest BCUT2D eigenvalue weighted by atomic mass is 35.5. The summed E-state index contributed by atoms with van der Waals surface area (Å²) in [5, 5.41) is 4.30. The van der Waals surface area contributed by atoms with Gasteiger partial charge < -0.3 is 11.1 Å². The number of carbonyl (C=O) groups excluding carboxylic acids is 1. The Bertz CT molecular complexity index is 414. The lowest BCUT2D eigenvalue weighted by atomic mass is 9.85. The van der Waals surface area contributed by atoms with Crippen LogP contribution in [0.2, 0.25) is 5.02 Å². The second kappa shape index (κ2) is 6.21. The van der Waals surface area contributed by atoms with Crippen LogP contribution in [0.3, 0.4) is 0 Å². The fraction of sp³-hybridized carbons (Fsp3) is 0.500. The smallest absolute Gasteiger partial charge is 0.220 e. The third kappa shape index (κ3) is 3.47. The van der Waals surface area contributed by atoms with E-state index in [2.05, 4.69) is 5.32 Å². The summed E-state index contributed by atoms with van der Waals surface area (Å²) < 4.78 is 0. The molecule has 0 heterocycles. The van der Waals surface area contributed by atoms with Gasteiger partial charge >= 0.3 is 0 Å². The zero-order chi connectivity index (χ0) is 13.0. The Morgan fingerprint density at radius 3 is 2.56 bits per heavy atom. The molecule has 0 radical (unpaired) electrons. The van der Waals surface area contributed by atoms with Gasteiger partial charge in [0.25, 0.3) is 0 Å². The first kappa shape index (κ1) is 13.4. The normalized spacial score (nSPS) is 23.8. The molecule has 1 saturated carbocycles. The molecule has 0 aliphatic heterocycles. The van der Waals surface area contributed by atoms with Crippen LogP contribution >= 0.6 is 11.6 Å². The van der Waals surface area contributed by atoms with Crippen molar-refractivity contribution in [2.24, 2.45) is 11.7 Å². The molecule has 98 valence electrons. The lowest BCUT2D eigenvalue weighted by molar-refractivity contribution is -0.122. The van der Waals surface area contributed by atoms with Crippen molar-refractivity contribution in [2.75, 3.05) is 0 Å². The standard InChI is InChI=1S/C14H19ClN2O/c15-13-4-2-1-3-11(13)9-17-12-7-5-10(6-8-12)14(16)18/h1-4,10,12,17H,5-9H2,(H2,16,18). The van der Waals surface area contributed by atoms with E-state index >= 15 is 0 Å². The molecule has 1 amide bonds. The van der Waals surface area contributed by atoms with Gasteiger partial charge in [-0.2, -0.15) is 0 Å². The van der Waals surface area contributed by atoms with Crippen LogP contribution in [0.25, 0.3) is 0 Å². The van der Waals surface area contributed by atoms with E-state index in [1.54, 1.807) is 0 Å². The third-order valence-corrected chi connectivity index (χ3v) is 4.04. The van der Waals surface area contributed by atoms with Crippen LogP contribution in [-0.2, 0) is 11.3 Å². The first-order valence-electron chi connectivity index (χ1n) is 6.43. The number of halogens is 1. The second-order valence-corrected chi connectivity index (χ2v) is 5.33. The molecule has 1 fully saturated rings. The van der Waals surface area contributed by atoms with Crippen LogP contribution in [0.4, 0.5) is 0 Å². The lowest BCUT2D eigenvalue weighted by Gasteiger charge is -2.27. The molecular weight excluding hydrogens is 248 g/mol. The van der Waals surface area contributed by atoms with Crippen molar-refractivity contribution >= 4 is 17.5 Å². The number of nitrogens with one attached hydrogen (secondary N) is 1. The van der Waals surface area contributed by atoms with E-state index in [0.717, 1.165) is 42.8 Å². The first-order valence-corrected chi connectivity index (χ1v) is 6.80. The molecule has 0 spiro atoms. The Morgan fingerprint density at radius 1 is 1.28 bits per heavy atom. The summed E-state index contributed by atoms with van der Waals surface area (Å²) in [5.41, 5.74) is 6.44. The minimum atomic E-state index is -0.153. The molecule has 0 saturated heterocycles. The van der Waals surface area contributed by atoms with Crippen molar-refractivity contribution in [2.45, 2.75) is 38.3 Å². The molecule has 3 nitrogen and oxygen atoms in total. The highest BCUT2D eigenvalue weighted by Gasteiger charge is 2.24. The summed E-state index contributed by atoms with van der Waals surface area (Å²) in [7, 11) is 0. The van der Waals surface area contributed by atoms with E-state index in [0.29, 0.717) is 6.04 Å². The highest BCUT2D eigenvalue weighted by Crippen LogP contribution is 2.24. The van der Waals surface area contributed by atoms with Gasteiger partial charge in [0, 0.05) is 23.5 Å². The van der Waals surface area contributed by atoms with Gasteiger partial charge in [-0.1, -0.05) is 29.8 Å². The van der Waals surface area contributed by atoms with Crippen molar-refractivity contribution in [3.63, 3.8) is 0 Å². The first-order chi connectivity index (χ1) is 8.66. The van der Waals surface area contributed by atoms with Gasteiger partial charge in [-0.15, -0.1) is 0 Å². The molecule has 1 aromatic carbocycles. The number of benzene rings is 1. The number of amides is 1. The van der Waals surface area contributed by atoms with Gasteiger partial charge in [-0.25, -0.2) is 0 Å². The predicted octanol–water partition coefficient (Wildman–Crippen LogP) is 2.47. The Balaban J connectivity index is 1.79. The number of carbonyl (C=O) groups is 1. The van der Waals surface area contributed by atoms with Gasteiger partial charge in [-0.3, -0.25) is 4.79 Å². The summed E-state index contributed by atoms with van der Waals surface area (Å²) in [6.07, 6.45) is 3.82. The molecule has 0 bridgehead atoms. The molecule has 0 atom stereocenters. The van der Waals surface area contributed by atoms with Crippen LogP contribution < -0.4 is 11.1 Å². The Kier molecular flexibility index (Phi) is 4.61. The fourth-order valence-electron chi connectivity index (χ4n) is 2.48. The van der Waals surface area contributed by atoms with Crippen LogP contribution in [0, 0.1) is 5.92 Å². The van der Waals surface area contributed by atoms with Gasteiger partial charge in [0.2, 0.25) is 5.91 Å². The maximum Gasteiger partial charge on any atom is 0.220 e. The second-order valence-electron chi connectivity index (χ2n) is 4.92. The number of rotatable bonds is 4. The average molecular weight is 267 g/mol. The molecule has 2 rings (SSSR count). The minimum Gasteiger partial charge on any atom is -0.369 e. The molecule has 4 heteroatoms. The highest BCUT2D eigenvalue weighted by molar-refractivity contribution is 6.31. The van der Waals surface area contributed by atoms with E-state index in [9.17, 15) is 4.79 Å². The number of primary amides is 1. The summed E-state index contributed by atoms with van der Waals surface area (Å²) in [4.78, 5) is 11.1. The molecule has 1 aliphatic carbocycles. The maximum absolute atomic E-state index is 11.1. The zero-order valence-electron chi connectivity index (χ0n) is 10.4. The Labute approximate surface area is 113 Å². The molecular formula is C14H19ClN2O. The Morgan fingerprint density at radius 2 is 1.94 bits per heavy atom. The quantitative estimate of drug-likeness (QED) is 0.880. The van der Waals surface area contributed by atoms with Crippen LogP contribution in [0.5, 0.6) is 0 Å². The maximum atomic E-state index is 11.1. The van der Waals surface area contributed by atoms with Gasteiger partial charge in [0.05, 0.1) is 0 Å². The topological polar surface area (TPSA) is 55.1 Å². The van der Waals surface area contributed by atoms with Crippen LogP contribution in [-0.4, -0.2) is 11.9 Å². The largest absolute Gasteiger partial charge is 0.369 e.